The minimum absolute atomic E-state index is 0.0673. The van der Waals surface area contributed by atoms with Gasteiger partial charge in [0.25, 0.3) is 0 Å². The van der Waals surface area contributed by atoms with E-state index in [4.69, 9.17) is 4.74 Å². The Labute approximate surface area is 398 Å². The van der Waals surface area contributed by atoms with Crippen molar-refractivity contribution >= 4 is 11.9 Å². The van der Waals surface area contributed by atoms with Crippen LogP contribution < -0.4 is 5.32 Å². The molecule has 0 bridgehead atoms. The first-order valence-corrected chi connectivity index (χ1v) is 28.2. The lowest BCUT2D eigenvalue weighted by Crippen LogP contribution is -2.46. The van der Waals surface area contributed by atoms with Crippen molar-refractivity contribution < 1.29 is 24.5 Å². The van der Waals surface area contributed by atoms with Crippen LogP contribution in [0, 0.1) is 0 Å². The second-order valence-corrected chi connectivity index (χ2v) is 19.3. The van der Waals surface area contributed by atoms with Gasteiger partial charge in [0.05, 0.1) is 25.2 Å². The number of esters is 1. The van der Waals surface area contributed by atoms with E-state index < -0.39 is 18.2 Å². The van der Waals surface area contributed by atoms with Crippen LogP contribution in [-0.4, -0.2) is 46.9 Å². The number of hydrogen-bond donors (Lipinski definition) is 3. The summed E-state index contributed by atoms with van der Waals surface area (Å²) >= 11 is 0. The van der Waals surface area contributed by atoms with E-state index in [9.17, 15) is 19.8 Å². The van der Waals surface area contributed by atoms with Crippen molar-refractivity contribution in [2.75, 3.05) is 6.61 Å². The van der Waals surface area contributed by atoms with Crippen LogP contribution in [0.5, 0.6) is 0 Å². The molecule has 0 aromatic heterocycles. The molecule has 0 rings (SSSR count). The first kappa shape index (κ1) is 62.1. The maximum Gasteiger partial charge on any atom is 0.306 e. The number of rotatable bonds is 51. The van der Waals surface area contributed by atoms with Gasteiger partial charge < -0.3 is 20.3 Å². The van der Waals surface area contributed by atoms with Crippen LogP contribution in [0.15, 0.2) is 36.5 Å². The number of aliphatic hydroxyl groups excluding tert-OH is 2. The molecule has 1 amide bonds. The molecule has 0 aliphatic heterocycles. The number of aliphatic hydroxyl groups is 2. The van der Waals surface area contributed by atoms with Gasteiger partial charge in [0.15, 0.2) is 0 Å². The molecule has 6 nitrogen and oxygen atoms in total. The molecular weight excluding hydrogens is 791 g/mol. The predicted octanol–water partition coefficient (Wildman–Crippen LogP) is 17.2. The molecule has 3 N–H and O–H groups in total. The van der Waals surface area contributed by atoms with Crippen molar-refractivity contribution in [1.82, 2.24) is 5.32 Å². The molecule has 0 spiro atoms. The summed E-state index contributed by atoms with van der Waals surface area (Å²) in [4.78, 5) is 26.2. The third-order valence-corrected chi connectivity index (χ3v) is 13.0. The highest BCUT2D eigenvalue weighted by Crippen LogP contribution is 2.18. The first-order chi connectivity index (χ1) is 31.5. The molecule has 0 aliphatic rings. The number of allylic oxidation sites excluding steroid dienone is 6. The standard InChI is InChI=1S/C58H109NO5/c1-4-7-10-13-16-19-22-25-27-29-30-32-35-38-41-44-47-50-56(61)55(53-60)59-57(62)52-54(49-46-43-40-37-34-24-21-18-15-12-9-6-3)64-58(63)51-48-45-42-39-36-33-31-28-26-23-20-17-14-11-8-5-2/h9,12,18,21,28,31,54-56,60-61H,4-8,10-11,13-17,19-20,22-27,29-30,32-53H2,1-3H3,(H,59,62)/b12-9+,21-18+,31-28+. The monoisotopic (exact) mass is 900 g/mol. The molecule has 376 valence electrons. The zero-order valence-corrected chi connectivity index (χ0v) is 42.9. The quantitative estimate of drug-likeness (QED) is 0.0321. The fraction of sp³-hybridized carbons (Fsp3) is 0.862. The number of hydrogen-bond acceptors (Lipinski definition) is 5. The minimum Gasteiger partial charge on any atom is -0.462 e. The van der Waals surface area contributed by atoms with Crippen LogP contribution in [-0.2, 0) is 14.3 Å². The Hall–Kier alpha value is -1.92. The largest absolute Gasteiger partial charge is 0.462 e. The van der Waals surface area contributed by atoms with Crippen molar-refractivity contribution in [3.05, 3.63) is 36.5 Å². The summed E-state index contributed by atoms with van der Waals surface area (Å²) in [6.07, 6.45) is 62.1. The van der Waals surface area contributed by atoms with Crippen molar-refractivity contribution in [1.29, 1.82) is 0 Å². The number of carbonyl (C=O) groups excluding carboxylic acids is 2. The van der Waals surface area contributed by atoms with Crippen LogP contribution in [0.25, 0.3) is 0 Å². The van der Waals surface area contributed by atoms with Gasteiger partial charge in [-0.3, -0.25) is 9.59 Å². The van der Waals surface area contributed by atoms with E-state index in [1.165, 1.54) is 173 Å². The van der Waals surface area contributed by atoms with E-state index in [0.717, 1.165) is 77.0 Å². The van der Waals surface area contributed by atoms with Crippen molar-refractivity contribution in [3.63, 3.8) is 0 Å². The van der Waals surface area contributed by atoms with Crippen molar-refractivity contribution in [3.8, 4) is 0 Å². The topological polar surface area (TPSA) is 95.9 Å². The first-order valence-electron chi connectivity index (χ1n) is 28.2. The van der Waals surface area contributed by atoms with Crippen molar-refractivity contribution in [2.45, 2.75) is 315 Å². The Bertz CT molecular complexity index is 1060. The van der Waals surface area contributed by atoms with Gasteiger partial charge in [-0.1, -0.05) is 243 Å². The highest BCUT2D eigenvalue weighted by Gasteiger charge is 2.24. The van der Waals surface area contributed by atoms with E-state index >= 15 is 0 Å². The molecular formula is C58H109NO5. The highest BCUT2D eigenvalue weighted by atomic mass is 16.5. The third-order valence-electron chi connectivity index (χ3n) is 13.0. The Morgan fingerprint density at radius 3 is 1.28 bits per heavy atom. The average Bonchev–Trinajstić information content (AvgIpc) is 3.29. The zero-order valence-electron chi connectivity index (χ0n) is 42.9. The summed E-state index contributed by atoms with van der Waals surface area (Å²) in [7, 11) is 0. The van der Waals surface area contributed by atoms with E-state index in [2.05, 4.69) is 62.5 Å². The summed E-state index contributed by atoms with van der Waals surface area (Å²) in [6, 6.07) is -0.706. The molecule has 3 unspecified atom stereocenters. The second kappa shape index (κ2) is 52.1. The third kappa shape index (κ3) is 46.6. The number of amides is 1. The average molecular weight is 901 g/mol. The lowest BCUT2D eigenvalue weighted by molar-refractivity contribution is -0.151. The molecule has 0 fully saturated rings. The summed E-state index contributed by atoms with van der Waals surface area (Å²) < 4.78 is 5.94. The SMILES string of the molecule is CC/C=C/C/C=C/CCCCCCCC(CC(=O)NC(CO)C(O)CCCCCCCCCCCCCCCCCCC)OC(=O)CCCCCCC/C=C/CCCCCCCCC. The molecule has 0 radical (unpaired) electrons. The van der Waals surface area contributed by atoms with E-state index in [1.54, 1.807) is 0 Å². The van der Waals surface area contributed by atoms with Crippen LogP contribution in [0.2, 0.25) is 0 Å². The summed E-state index contributed by atoms with van der Waals surface area (Å²) in [5.41, 5.74) is 0. The van der Waals surface area contributed by atoms with Gasteiger partial charge in [-0.15, -0.1) is 0 Å². The summed E-state index contributed by atoms with van der Waals surface area (Å²) in [5, 5.41) is 23.9. The summed E-state index contributed by atoms with van der Waals surface area (Å²) in [6.45, 7) is 6.40. The Morgan fingerprint density at radius 2 is 0.844 bits per heavy atom. The molecule has 64 heavy (non-hydrogen) atoms. The minimum atomic E-state index is -0.792. The van der Waals surface area contributed by atoms with Gasteiger partial charge in [-0.2, -0.15) is 0 Å². The van der Waals surface area contributed by atoms with Gasteiger partial charge >= 0.3 is 5.97 Å². The van der Waals surface area contributed by atoms with Crippen LogP contribution >= 0.6 is 0 Å². The predicted molar refractivity (Wildman–Crippen MR) is 278 cm³/mol. The van der Waals surface area contributed by atoms with Crippen LogP contribution in [0.4, 0.5) is 0 Å². The molecule has 0 aliphatic carbocycles. The molecule has 0 heterocycles. The molecule has 3 atom stereocenters. The Balaban J connectivity index is 4.49. The fourth-order valence-corrected chi connectivity index (χ4v) is 8.70. The Kier molecular flexibility index (Phi) is 50.5. The molecule has 0 saturated carbocycles. The lowest BCUT2D eigenvalue weighted by Gasteiger charge is -2.24. The molecule has 0 aromatic rings. The molecule has 0 aromatic carbocycles. The van der Waals surface area contributed by atoms with Crippen LogP contribution in [0.1, 0.15) is 297 Å². The normalized spacial score (nSPS) is 13.4. The zero-order chi connectivity index (χ0) is 46.7. The smallest absolute Gasteiger partial charge is 0.306 e. The van der Waals surface area contributed by atoms with Gasteiger partial charge in [-0.05, 0) is 77.0 Å². The fourth-order valence-electron chi connectivity index (χ4n) is 8.70. The summed E-state index contributed by atoms with van der Waals surface area (Å²) in [5.74, 6) is -0.487. The maximum atomic E-state index is 13.2. The van der Waals surface area contributed by atoms with E-state index in [-0.39, 0.29) is 24.9 Å². The molecule has 6 heteroatoms. The maximum absolute atomic E-state index is 13.2. The lowest BCUT2D eigenvalue weighted by atomic mass is 10.0. The number of unbranched alkanes of at least 4 members (excludes halogenated alkanes) is 33. The molecule has 0 saturated heterocycles. The highest BCUT2D eigenvalue weighted by molar-refractivity contribution is 5.77. The van der Waals surface area contributed by atoms with E-state index in [1.807, 2.05) is 0 Å². The number of nitrogens with one attached hydrogen (secondary N) is 1. The number of ether oxygens (including phenoxy) is 1. The second-order valence-electron chi connectivity index (χ2n) is 19.3. The van der Waals surface area contributed by atoms with Gasteiger partial charge in [0.2, 0.25) is 5.91 Å². The van der Waals surface area contributed by atoms with Crippen molar-refractivity contribution in [2.24, 2.45) is 0 Å². The van der Waals surface area contributed by atoms with Crippen LogP contribution in [0.3, 0.4) is 0 Å². The van der Waals surface area contributed by atoms with Gasteiger partial charge in [0, 0.05) is 6.42 Å². The number of carbonyl (C=O) groups is 2. The Morgan fingerprint density at radius 1 is 0.469 bits per heavy atom. The van der Waals surface area contributed by atoms with Gasteiger partial charge in [-0.25, -0.2) is 0 Å². The van der Waals surface area contributed by atoms with E-state index in [0.29, 0.717) is 19.3 Å². The van der Waals surface area contributed by atoms with Gasteiger partial charge in [0.1, 0.15) is 6.10 Å².